The average molecular weight is 478 g/mol. The second-order valence-electron chi connectivity index (χ2n) is 10.0. The Morgan fingerprint density at radius 3 is 2.59 bits per heavy atom. The number of aliphatic hydroxyl groups excluding tert-OH is 1. The summed E-state index contributed by atoms with van der Waals surface area (Å²) >= 11 is 0. The van der Waals surface area contributed by atoms with Crippen LogP contribution in [0.25, 0.3) is 0 Å². The zero-order valence-corrected chi connectivity index (χ0v) is 19.4. The van der Waals surface area contributed by atoms with E-state index in [1.807, 2.05) is 12.2 Å². The molecular formula is C24H35N3O7. The molecule has 4 aliphatic rings. The molecule has 4 N–H and O–H groups in total. The lowest BCUT2D eigenvalue weighted by molar-refractivity contribution is -0.145. The van der Waals surface area contributed by atoms with E-state index in [4.69, 9.17) is 4.74 Å². The van der Waals surface area contributed by atoms with Crippen LogP contribution in [0.15, 0.2) is 12.2 Å². The number of aliphatic carboxylic acids is 1. The van der Waals surface area contributed by atoms with E-state index in [1.165, 1.54) is 4.90 Å². The minimum absolute atomic E-state index is 0.0209. The Bertz CT molecular complexity index is 840. The van der Waals surface area contributed by atoms with Crippen LogP contribution in [-0.2, 0) is 19.1 Å². The maximum absolute atomic E-state index is 13.5. The first-order chi connectivity index (χ1) is 16.3. The standard InChI is InChI=1S/C24H35N3O7/c28-16-12-19-20(29)26-24(22(31)32)13-15(24)8-4-2-1-3-5-11-18(21(30)27(19)14-16)25-23(33)34-17-9-6-7-10-17/h4,8,15-19,28H,1-3,5-7,9-14H2,(H,25,33)(H,26,29)(H,31,32)/b8-4-. The zero-order chi connectivity index (χ0) is 24.3. The van der Waals surface area contributed by atoms with Gasteiger partial charge in [0.05, 0.1) is 6.10 Å². The fraction of sp³-hybridized carbons (Fsp3) is 0.750. The number of hydrogen-bond donors (Lipinski definition) is 4. The van der Waals surface area contributed by atoms with Crippen molar-refractivity contribution in [3.63, 3.8) is 0 Å². The summed E-state index contributed by atoms with van der Waals surface area (Å²) in [5, 5.41) is 25.4. The number of carboxylic acids is 1. The molecule has 2 saturated carbocycles. The predicted octanol–water partition coefficient (Wildman–Crippen LogP) is 1.47. The molecule has 0 radical (unpaired) electrons. The van der Waals surface area contributed by atoms with Gasteiger partial charge in [0.15, 0.2) is 0 Å². The number of nitrogens with one attached hydrogen (secondary N) is 2. The van der Waals surface area contributed by atoms with Crippen LogP contribution in [0, 0.1) is 5.92 Å². The number of aliphatic hydroxyl groups is 1. The van der Waals surface area contributed by atoms with Crippen LogP contribution in [0.4, 0.5) is 4.79 Å². The summed E-state index contributed by atoms with van der Waals surface area (Å²) in [5.74, 6) is -2.45. The third kappa shape index (κ3) is 5.37. The maximum Gasteiger partial charge on any atom is 0.408 e. The summed E-state index contributed by atoms with van der Waals surface area (Å²) < 4.78 is 5.48. The van der Waals surface area contributed by atoms with Gasteiger partial charge in [-0.3, -0.25) is 9.59 Å². The summed E-state index contributed by atoms with van der Waals surface area (Å²) in [5.41, 5.74) is -1.38. The predicted molar refractivity (Wildman–Crippen MR) is 121 cm³/mol. The summed E-state index contributed by atoms with van der Waals surface area (Å²) in [6.45, 7) is -0.0455. The Labute approximate surface area is 199 Å². The molecule has 5 unspecified atom stereocenters. The highest BCUT2D eigenvalue weighted by molar-refractivity contribution is 5.96. The van der Waals surface area contributed by atoms with Gasteiger partial charge in [0.25, 0.3) is 0 Å². The fourth-order valence-corrected chi connectivity index (χ4v) is 5.41. The van der Waals surface area contributed by atoms with Crippen molar-refractivity contribution >= 4 is 23.9 Å². The Balaban J connectivity index is 1.51. The van der Waals surface area contributed by atoms with Crippen molar-refractivity contribution < 1.29 is 34.1 Å². The molecule has 0 aromatic heterocycles. The van der Waals surface area contributed by atoms with Gasteiger partial charge in [0, 0.05) is 18.9 Å². The van der Waals surface area contributed by atoms with Gasteiger partial charge in [0.2, 0.25) is 11.8 Å². The molecule has 2 heterocycles. The number of hydrogen-bond acceptors (Lipinski definition) is 6. The largest absolute Gasteiger partial charge is 0.479 e. The smallest absolute Gasteiger partial charge is 0.408 e. The van der Waals surface area contributed by atoms with Crippen molar-refractivity contribution in [1.82, 2.24) is 15.5 Å². The fourth-order valence-electron chi connectivity index (χ4n) is 5.41. The van der Waals surface area contributed by atoms with Gasteiger partial charge in [-0.25, -0.2) is 9.59 Å². The third-order valence-electron chi connectivity index (χ3n) is 7.51. The van der Waals surface area contributed by atoms with Crippen LogP contribution in [0.2, 0.25) is 0 Å². The first kappa shape index (κ1) is 24.5. The van der Waals surface area contributed by atoms with E-state index in [0.29, 0.717) is 19.3 Å². The van der Waals surface area contributed by atoms with E-state index in [1.54, 1.807) is 0 Å². The first-order valence-electron chi connectivity index (χ1n) is 12.5. The normalized spacial score (nSPS) is 35.9. The maximum atomic E-state index is 13.5. The molecule has 2 aliphatic carbocycles. The van der Waals surface area contributed by atoms with E-state index >= 15 is 0 Å². The van der Waals surface area contributed by atoms with Crippen LogP contribution in [0.1, 0.15) is 70.6 Å². The lowest BCUT2D eigenvalue weighted by Crippen LogP contribution is -2.56. The Morgan fingerprint density at radius 1 is 1.12 bits per heavy atom. The second kappa shape index (κ2) is 10.3. The molecule has 188 valence electrons. The summed E-state index contributed by atoms with van der Waals surface area (Å²) in [7, 11) is 0. The van der Waals surface area contributed by atoms with E-state index in [2.05, 4.69) is 10.6 Å². The minimum atomic E-state index is -1.38. The number of amides is 3. The number of allylic oxidation sites excluding steroid dienone is 1. The highest BCUT2D eigenvalue weighted by Gasteiger charge is 2.61. The van der Waals surface area contributed by atoms with Crippen LogP contribution >= 0.6 is 0 Å². The molecule has 3 amide bonds. The Hall–Kier alpha value is -2.62. The molecule has 10 nitrogen and oxygen atoms in total. The molecule has 0 aromatic rings. The molecule has 5 atom stereocenters. The van der Waals surface area contributed by atoms with Gasteiger partial charge in [-0.2, -0.15) is 0 Å². The molecule has 2 aliphatic heterocycles. The van der Waals surface area contributed by atoms with Crippen LogP contribution in [-0.4, -0.2) is 75.4 Å². The minimum Gasteiger partial charge on any atom is -0.479 e. The number of carbonyl (C=O) groups is 4. The number of carbonyl (C=O) groups excluding carboxylic acids is 3. The lowest BCUT2D eigenvalue weighted by atomic mass is 10.0. The molecule has 34 heavy (non-hydrogen) atoms. The summed E-state index contributed by atoms with van der Waals surface area (Å²) in [6, 6.07) is -1.87. The van der Waals surface area contributed by atoms with Crippen molar-refractivity contribution in [2.24, 2.45) is 5.92 Å². The highest BCUT2D eigenvalue weighted by atomic mass is 16.6. The monoisotopic (exact) mass is 477 g/mol. The van der Waals surface area contributed by atoms with Gasteiger partial charge in [-0.15, -0.1) is 0 Å². The van der Waals surface area contributed by atoms with Gasteiger partial charge in [-0.1, -0.05) is 25.0 Å². The molecule has 0 spiro atoms. The Kier molecular flexibility index (Phi) is 7.45. The van der Waals surface area contributed by atoms with Crippen molar-refractivity contribution in [3.8, 4) is 0 Å². The van der Waals surface area contributed by atoms with Gasteiger partial charge >= 0.3 is 12.1 Å². The van der Waals surface area contributed by atoms with Crippen molar-refractivity contribution in [2.75, 3.05) is 6.54 Å². The average Bonchev–Trinajstić information content (AvgIpc) is 3.10. The quantitative estimate of drug-likeness (QED) is 0.450. The number of carboxylic acid groups (broad SMARTS) is 1. The number of fused-ring (bicyclic) bond motifs is 2. The zero-order valence-electron chi connectivity index (χ0n) is 19.4. The lowest BCUT2D eigenvalue weighted by Gasteiger charge is -2.29. The third-order valence-corrected chi connectivity index (χ3v) is 7.51. The molecule has 4 rings (SSSR count). The summed E-state index contributed by atoms with van der Waals surface area (Å²) in [6.07, 6.45) is 9.65. The molecule has 3 fully saturated rings. The van der Waals surface area contributed by atoms with E-state index in [9.17, 15) is 29.4 Å². The molecule has 10 heteroatoms. The topological polar surface area (TPSA) is 145 Å². The molecular weight excluding hydrogens is 442 g/mol. The van der Waals surface area contributed by atoms with Crippen LogP contribution in [0.3, 0.4) is 0 Å². The van der Waals surface area contributed by atoms with Gasteiger partial charge in [-0.05, 0) is 51.4 Å². The van der Waals surface area contributed by atoms with Crippen molar-refractivity contribution in [1.29, 1.82) is 0 Å². The second-order valence-corrected chi connectivity index (χ2v) is 10.0. The SMILES string of the molecule is O=C(NC1CCCCC/C=C\C2CC2(C(=O)O)NC(=O)C2CC(O)CN2C1=O)OC1CCCC1. The van der Waals surface area contributed by atoms with Crippen molar-refractivity contribution in [3.05, 3.63) is 12.2 Å². The van der Waals surface area contributed by atoms with Crippen molar-refractivity contribution in [2.45, 2.75) is 100 Å². The van der Waals surface area contributed by atoms with E-state index in [-0.39, 0.29) is 25.0 Å². The number of ether oxygens (including phenoxy) is 1. The highest BCUT2D eigenvalue weighted by Crippen LogP contribution is 2.45. The molecule has 0 aromatic carbocycles. The number of nitrogens with zero attached hydrogens (tertiary/aromatic N) is 1. The van der Waals surface area contributed by atoms with Gasteiger partial charge < -0.3 is 30.5 Å². The summed E-state index contributed by atoms with van der Waals surface area (Å²) in [4.78, 5) is 52.3. The Morgan fingerprint density at radius 2 is 1.85 bits per heavy atom. The van der Waals surface area contributed by atoms with Gasteiger partial charge in [0.1, 0.15) is 23.7 Å². The molecule has 1 saturated heterocycles. The van der Waals surface area contributed by atoms with Crippen LogP contribution in [0.5, 0.6) is 0 Å². The van der Waals surface area contributed by atoms with E-state index < -0.39 is 47.6 Å². The van der Waals surface area contributed by atoms with Crippen LogP contribution < -0.4 is 10.6 Å². The number of rotatable bonds is 3. The molecule has 0 bridgehead atoms. The first-order valence-corrected chi connectivity index (χ1v) is 12.5. The van der Waals surface area contributed by atoms with E-state index in [0.717, 1.165) is 44.9 Å². The number of alkyl carbamates (subject to hydrolysis) is 1.